The average Bonchev–Trinajstić information content (AvgIpc) is 2.29. The van der Waals surface area contributed by atoms with E-state index in [2.05, 4.69) is 4.74 Å². The molecule has 1 rings (SSSR count). The monoisotopic (exact) mass is 264 g/mol. The molecule has 0 bridgehead atoms. The van der Waals surface area contributed by atoms with Crippen LogP contribution in [0.4, 0.5) is 8.78 Å². The van der Waals surface area contributed by atoms with Crippen molar-refractivity contribution in [2.24, 2.45) is 0 Å². The number of benzene rings is 1. The van der Waals surface area contributed by atoms with Crippen molar-refractivity contribution < 1.29 is 23.0 Å². The summed E-state index contributed by atoms with van der Waals surface area (Å²) in [5, 5.41) is -0.298. The number of hydrogen-bond donors (Lipinski definition) is 0. The quantitative estimate of drug-likeness (QED) is 0.784. The van der Waals surface area contributed by atoms with E-state index in [1.165, 1.54) is 26.2 Å². The van der Waals surface area contributed by atoms with Crippen LogP contribution in [0.25, 0.3) is 0 Å². The zero-order chi connectivity index (χ0) is 13.1. The summed E-state index contributed by atoms with van der Waals surface area (Å²) in [5.41, 5.74) is -0.628. The van der Waals surface area contributed by atoms with Crippen LogP contribution < -0.4 is 4.74 Å². The van der Waals surface area contributed by atoms with Crippen molar-refractivity contribution >= 4 is 17.6 Å². The number of methoxy groups -OCH3 is 1. The van der Waals surface area contributed by atoms with Gasteiger partial charge in [0.25, 0.3) is 0 Å². The third-order valence-corrected chi connectivity index (χ3v) is 2.44. The Labute approximate surface area is 102 Å². The molecule has 0 unspecified atom stereocenters. The SMILES string of the molecule is CCOC(=O)C(F)(F)c1cccc(OC)c1Cl. The molecule has 94 valence electrons. The summed E-state index contributed by atoms with van der Waals surface area (Å²) >= 11 is 5.72. The highest BCUT2D eigenvalue weighted by Crippen LogP contribution is 2.38. The minimum Gasteiger partial charge on any atom is -0.495 e. The summed E-state index contributed by atoms with van der Waals surface area (Å²) in [7, 11) is 1.30. The van der Waals surface area contributed by atoms with E-state index in [0.717, 1.165) is 6.07 Å². The van der Waals surface area contributed by atoms with Crippen LogP contribution in [0.15, 0.2) is 18.2 Å². The fraction of sp³-hybridized carbons (Fsp3) is 0.364. The van der Waals surface area contributed by atoms with Gasteiger partial charge in [0.05, 0.1) is 24.3 Å². The second kappa shape index (κ2) is 5.31. The molecule has 17 heavy (non-hydrogen) atoms. The number of alkyl halides is 2. The lowest BCUT2D eigenvalue weighted by Crippen LogP contribution is -2.28. The topological polar surface area (TPSA) is 35.5 Å². The van der Waals surface area contributed by atoms with Crippen LogP contribution in [0.5, 0.6) is 5.75 Å². The van der Waals surface area contributed by atoms with Gasteiger partial charge in [-0.2, -0.15) is 8.78 Å². The number of esters is 1. The molecule has 0 radical (unpaired) electrons. The first-order chi connectivity index (χ1) is 7.95. The zero-order valence-corrected chi connectivity index (χ0v) is 10.1. The number of hydrogen-bond acceptors (Lipinski definition) is 3. The molecule has 6 heteroatoms. The Morgan fingerprint density at radius 2 is 2.12 bits per heavy atom. The van der Waals surface area contributed by atoms with Crippen molar-refractivity contribution in [1.82, 2.24) is 0 Å². The Bertz CT molecular complexity index is 421. The predicted molar refractivity (Wildman–Crippen MR) is 58.5 cm³/mol. The predicted octanol–water partition coefficient (Wildman–Crippen LogP) is 3.00. The molecule has 0 amide bonds. The van der Waals surface area contributed by atoms with Gasteiger partial charge >= 0.3 is 11.9 Å². The van der Waals surface area contributed by atoms with Gasteiger partial charge < -0.3 is 9.47 Å². The molecular weight excluding hydrogens is 254 g/mol. The highest BCUT2D eigenvalue weighted by molar-refractivity contribution is 6.33. The first kappa shape index (κ1) is 13.7. The van der Waals surface area contributed by atoms with Gasteiger partial charge in [-0.3, -0.25) is 0 Å². The molecule has 0 saturated carbocycles. The maximum Gasteiger partial charge on any atom is 0.382 e. The van der Waals surface area contributed by atoms with Crippen LogP contribution in [0, 0.1) is 0 Å². The van der Waals surface area contributed by atoms with E-state index in [0.29, 0.717) is 0 Å². The van der Waals surface area contributed by atoms with Crippen LogP contribution in [0.2, 0.25) is 5.02 Å². The molecule has 0 aromatic heterocycles. The molecule has 0 fully saturated rings. The summed E-state index contributed by atoms with van der Waals surface area (Å²) in [6, 6.07) is 3.81. The fourth-order valence-electron chi connectivity index (χ4n) is 1.24. The van der Waals surface area contributed by atoms with Gasteiger partial charge in [0.2, 0.25) is 0 Å². The second-order valence-electron chi connectivity index (χ2n) is 3.12. The normalized spacial score (nSPS) is 11.1. The summed E-state index contributed by atoms with van der Waals surface area (Å²) < 4.78 is 36.5. The average molecular weight is 265 g/mol. The number of carbonyl (C=O) groups excluding carboxylic acids is 1. The van der Waals surface area contributed by atoms with E-state index in [-0.39, 0.29) is 17.4 Å². The van der Waals surface area contributed by atoms with Crippen LogP contribution in [-0.4, -0.2) is 19.7 Å². The van der Waals surface area contributed by atoms with Crippen LogP contribution in [-0.2, 0) is 15.5 Å². The van der Waals surface area contributed by atoms with Gasteiger partial charge in [0, 0.05) is 0 Å². The van der Waals surface area contributed by atoms with Crippen molar-refractivity contribution in [3.8, 4) is 5.75 Å². The first-order valence-electron chi connectivity index (χ1n) is 4.83. The summed E-state index contributed by atoms with van der Waals surface area (Å²) in [5.74, 6) is -5.34. The molecule has 3 nitrogen and oxygen atoms in total. The standard InChI is InChI=1S/C11H11ClF2O3/c1-3-17-10(15)11(13,14)7-5-4-6-8(16-2)9(7)12/h4-6H,3H2,1-2H3. The molecule has 0 aliphatic rings. The van der Waals surface area contributed by atoms with Crippen molar-refractivity contribution in [3.63, 3.8) is 0 Å². The molecular formula is C11H11ClF2O3. The van der Waals surface area contributed by atoms with Crippen molar-refractivity contribution in [2.75, 3.05) is 13.7 Å². The number of rotatable bonds is 4. The first-order valence-corrected chi connectivity index (χ1v) is 5.21. The van der Waals surface area contributed by atoms with Gasteiger partial charge in [0.1, 0.15) is 5.75 Å². The Morgan fingerprint density at radius 1 is 1.47 bits per heavy atom. The lowest BCUT2D eigenvalue weighted by atomic mass is 10.1. The smallest absolute Gasteiger partial charge is 0.382 e. The van der Waals surface area contributed by atoms with E-state index >= 15 is 0 Å². The van der Waals surface area contributed by atoms with E-state index < -0.39 is 17.5 Å². The number of halogens is 3. The lowest BCUT2D eigenvalue weighted by Gasteiger charge is -2.17. The Morgan fingerprint density at radius 3 is 2.65 bits per heavy atom. The van der Waals surface area contributed by atoms with Crippen LogP contribution in [0.1, 0.15) is 12.5 Å². The van der Waals surface area contributed by atoms with Gasteiger partial charge in [0.15, 0.2) is 0 Å². The Kier molecular flexibility index (Phi) is 4.28. The summed E-state index contributed by atoms with van der Waals surface area (Å²) in [6.07, 6.45) is 0. The lowest BCUT2D eigenvalue weighted by molar-refractivity contribution is -0.173. The third kappa shape index (κ3) is 2.66. The van der Waals surface area contributed by atoms with Gasteiger partial charge in [-0.15, -0.1) is 0 Å². The van der Waals surface area contributed by atoms with E-state index in [1.54, 1.807) is 0 Å². The van der Waals surface area contributed by atoms with Crippen LogP contribution in [0.3, 0.4) is 0 Å². The third-order valence-electron chi connectivity index (χ3n) is 2.05. The maximum absolute atomic E-state index is 13.7. The van der Waals surface area contributed by atoms with E-state index in [4.69, 9.17) is 16.3 Å². The molecule has 0 spiro atoms. The molecule has 0 heterocycles. The molecule has 0 aliphatic carbocycles. The van der Waals surface area contributed by atoms with Crippen molar-refractivity contribution in [2.45, 2.75) is 12.8 Å². The van der Waals surface area contributed by atoms with E-state index in [9.17, 15) is 13.6 Å². The largest absolute Gasteiger partial charge is 0.495 e. The second-order valence-corrected chi connectivity index (χ2v) is 3.49. The minimum atomic E-state index is -3.79. The molecule has 0 aliphatic heterocycles. The molecule has 0 N–H and O–H groups in total. The maximum atomic E-state index is 13.7. The summed E-state index contributed by atoms with van der Waals surface area (Å²) in [4.78, 5) is 11.1. The molecule has 0 atom stereocenters. The number of carbonyl (C=O) groups is 1. The van der Waals surface area contributed by atoms with Gasteiger partial charge in [-0.05, 0) is 13.0 Å². The number of ether oxygens (including phenoxy) is 2. The molecule has 0 saturated heterocycles. The molecule has 1 aromatic rings. The van der Waals surface area contributed by atoms with Gasteiger partial charge in [-0.1, -0.05) is 23.7 Å². The summed E-state index contributed by atoms with van der Waals surface area (Å²) in [6.45, 7) is 1.32. The van der Waals surface area contributed by atoms with Crippen molar-refractivity contribution in [1.29, 1.82) is 0 Å². The highest BCUT2D eigenvalue weighted by Gasteiger charge is 2.44. The highest BCUT2D eigenvalue weighted by atomic mass is 35.5. The Hall–Kier alpha value is -1.36. The van der Waals surface area contributed by atoms with Crippen LogP contribution >= 0.6 is 11.6 Å². The Balaban J connectivity index is 3.19. The minimum absolute atomic E-state index is 0.0770. The van der Waals surface area contributed by atoms with Gasteiger partial charge in [-0.25, -0.2) is 4.79 Å². The van der Waals surface area contributed by atoms with E-state index in [1.807, 2.05) is 0 Å². The zero-order valence-electron chi connectivity index (χ0n) is 9.30. The van der Waals surface area contributed by atoms with Crippen molar-refractivity contribution in [3.05, 3.63) is 28.8 Å². The molecule has 1 aromatic carbocycles. The fourth-order valence-corrected chi connectivity index (χ4v) is 1.56.